The minimum absolute atomic E-state index is 0.0151. The number of nitrogens with zero attached hydrogens (tertiary/aromatic N) is 1. The standard InChI is InChI=1S/C15H18BrNO4/c1-10-8-12(2-3-13(10)16)21-9-14(18)17-6-4-11(5-7-17)15(19)20/h2-3,8,11H,4-7,9H2,1H3,(H,19,20). The molecule has 21 heavy (non-hydrogen) atoms. The van der Waals surface area contributed by atoms with Gasteiger partial charge in [-0.1, -0.05) is 15.9 Å². The first-order chi connectivity index (χ1) is 9.97. The zero-order chi connectivity index (χ0) is 15.4. The molecule has 0 spiro atoms. The highest BCUT2D eigenvalue weighted by molar-refractivity contribution is 9.10. The monoisotopic (exact) mass is 355 g/mol. The van der Waals surface area contributed by atoms with Gasteiger partial charge in [-0.2, -0.15) is 0 Å². The SMILES string of the molecule is Cc1cc(OCC(=O)N2CCC(C(=O)O)CC2)ccc1Br. The number of carboxylic acids is 1. The summed E-state index contributed by atoms with van der Waals surface area (Å²) in [5, 5.41) is 8.93. The Morgan fingerprint density at radius 3 is 2.62 bits per heavy atom. The second-order valence-electron chi connectivity index (χ2n) is 5.19. The van der Waals surface area contributed by atoms with E-state index in [9.17, 15) is 9.59 Å². The maximum atomic E-state index is 12.0. The molecule has 1 aliphatic rings. The van der Waals surface area contributed by atoms with Crippen molar-refractivity contribution in [3.05, 3.63) is 28.2 Å². The van der Waals surface area contributed by atoms with Gasteiger partial charge in [0.2, 0.25) is 0 Å². The number of likely N-dealkylation sites (tertiary alicyclic amines) is 1. The van der Waals surface area contributed by atoms with Crippen molar-refractivity contribution in [2.45, 2.75) is 19.8 Å². The molecule has 1 aromatic carbocycles. The van der Waals surface area contributed by atoms with Gasteiger partial charge in [0, 0.05) is 17.6 Å². The highest BCUT2D eigenvalue weighted by Crippen LogP contribution is 2.22. The van der Waals surface area contributed by atoms with E-state index in [1.165, 1.54) is 0 Å². The fourth-order valence-electron chi connectivity index (χ4n) is 2.32. The molecule has 6 heteroatoms. The number of benzene rings is 1. The first-order valence-electron chi connectivity index (χ1n) is 6.87. The summed E-state index contributed by atoms with van der Waals surface area (Å²) in [5.41, 5.74) is 1.04. The molecule has 1 aliphatic heterocycles. The van der Waals surface area contributed by atoms with Gasteiger partial charge in [-0.05, 0) is 43.5 Å². The van der Waals surface area contributed by atoms with Crippen molar-refractivity contribution in [1.29, 1.82) is 0 Å². The van der Waals surface area contributed by atoms with Crippen molar-refractivity contribution in [3.63, 3.8) is 0 Å². The number of rotatable bonds is 4. The lowest BCUT2D eigenvalue weighted by molar-refractivity contribution is -0.146. The molecule has 0 aromatic heterocycles. The smallest absolute Gasteiger partial charge is 0.306 e. The fourth-order valence-corrected chi connectivity index (χ4v) is 2.57. The van der Waals surface area contributed by atoms with Crippen molar-refractivity contribution >= 4 is 27.8 Å². The Kier molecular flexibility index (Phi) is 5.22. The molecule has 0 radical (unpaired) electrons. The van der Waals surface area contributed by atoms with Crippen LogP contribution in [-0.2, 0) is 9.59 Å². The number of aryl methyl sites for hydroxylation is 1. The summed E-state index contributed by atoms with van der Waals surface area (Å²) >= 11 is 3.41. The van der Waals surface area contributed by atoms with Crippen LogP contribution in [-0.4, -0.2) is 41.6 Å². The molecule has 1 N–H and O–H groups in total. The zero-order valence-corrected chi connectivity index (χ0v) is 13.4. The molecule has 1 heterocycles. The summed E-state index contributed by atoms with van der Waals surface area (Å²) in [4.78, 5) is 24.6. The largest absolute Gasteiger partial charge is 0.484 e. The predicted octanol–water partition coefficient (Wildman–Crippen LogP) is 2.46. The molecule has 0 bridgehead atoms. The average Bonchev–Trinajstić information content (AvgIpc) is 2.48. The highest BCUT2D eigenvalue weighted by Gasteiger charge is 2.26. The molecule has 0 unspecified atom stereocenters. The minimum atomic E-state index is -0.774. The first-order valence-corrected chi connectivity index (χ1v) is 7.66. The van der Waals surface area contributed by atoms with Crippen LogP contribution in [0.25, 0.3) is 0 Å². The number of halogens is 1. The van der Waals surface area contributed by atoms with Crippen LogP contribution in [0.4, 0.5) is 0 Å². The molecule has 1 fully saturated rings. The maximum Gasteiger partial charge on any atom is 0.306 e. The summed E-state index contributed by atoms with van der Waals surface area (Å²) in [6.07, 6.45) is 1.02. The van der Waals surface area contributed by atoms with Gasteiger partial charge >= 0.3 is 5.97 Å². The van der Waals surface area contributed by atoms with E-state index >= 15 is 0 Å². The van der Waals surface area contributed by atoms with Crippen LogP contribution in [0.1, 0.15) is 18.4 Å². The Balaban J connectivity index is 1.82. The van der Waals surface area contributed by atoms with Crippen molar-refractivity contribution < 1.29 is 19.4 Å². The summed E-state index contributed by atoms with van der Waals surface area (Å²) in [6, 6.07) is 5.56. The lowest BCUT2D eigenvalue weighted by atomic mass is 9.97. The van der Waals surface area contributed by atoms with E-state index in [1.54, 1.807) is 11.0 Å². The van der Waals surface area contributed by atoms with Gasteiger partial charge < -0.3 is 14.7 Å². The number of aliphatic carboxylic acids is 1. The molecule has 1 saturated heterocycles. The van der Waals surface area contributed by atoms with Crippen LogP contribution in [0.2, 0.25) is 0 Å². The Hall–Kier alpha value is -1.56. The molecule has 1 aromatic rings. The van der Waals surface area contributed by atoms with E-state index in [1.807, 2.05) is 19.1 Å². The number of ether oxygens (including phenoxy) is 1. The first kappa shape index (κ1) is 15.8. The van der Waals surface area contributed by atoms with Gasteiger partial charge in [0.15, 0.2) is 6.61 Å². The number of carbonyl (C=O) groups is 2. The van der Waals surface area contributed by atoms with Gasteiger partial charge in [0.05, 0.1) is 5.92 Å². The molecule has 0 saturated carbocycles. The van der Waals surface area contributed by atoms with Crippen LogP contribution in [0.5, 0.6) is 5.75 Å². The molecule has 1 amide bonds. The van der Waals surface area contributed by atoms with Gasteiger partial charge in [0.25, 0.3) is 5.91 Å². The van der Waals surface area contributed by atoms with Crippen LogP contribution < -0.4 is 4.74 Å². The summed E-state index contributed by atoms with van der Waals surface area (Å²) in [5.74, 6) is -0.545. The fraction of sp³-hybridized carbons (Fsp3) is 0.467. The van der Waals surface area contributed by atoms with E-state index in [0.29, 0.717) is 31.7 Å². The molecular formula is C15H18BrNO4. The highest BCUT2D eigenvalue weighted by atomic mass is 79.9. The number of hydrogen-bond donors (Lipinski definition) is 1. The van der Waals surface area contributed by atoms with Crippen LogP contribution in [0, 0.1) is 12.8 Å². The predicted molar refractivity (Wildman–Crippen MR) is 81.3 cm³/mol. The van der Waals surface area contributed by atoms with E-state index < -0.39 is 5.97 Å². The second-order valence-corrected chi connectivity index (χ2v) is 6.05. The average molecular weight is 356 g/mol. The van der Waals surface area contributed by atoms with Crippen molar-refractivity contribution in [3.8, 4) is 5.75 Å². The van der Waals surface area contributed by atoms with Crippen LogP contribution in [0.15, 0.2) is 22.7 Å². The minimum Gasteiger partial charge on any atom is -0.484 e. The Morgan fingerprint density at radius 2 is 2.05 bits per heavy atom. The number of piperidine rings is 1. The number of carboxylic acid groups (broad SMARTS) is 1. The third kappa shape index (κ3) is 4.20. The van der Waals surface area contributed by atoms with E-state index in [0.717, 1.165) is 10.0 Å². The van der Waals surface area contributed by atoms with Gasteiger partial charge in [-0.3, -0.25) is 9.59 Å². The van der Waals surface area contributed by atoms with E-state index in [2.05, 4.69) is 15.9 Å². The third-order valence-electron chi connectivity index (χ3n) is 3.69. The van der Waals surface area contributed by atoms with Gasteiger partial charge in [-0.15, -0.1) is 0 Å². The van der Waals surface area contributed by atoms with Crippen LogP contribution in [0.3, 0.4) is 0 Å². The molecule has 114 valence electrons. The second kappa shape index (κ2) is 6.93. The van der Waals surface area contributed by atoms with E-state index in [-0.39, 0.29) is 18.4 Å². The summed E-state index contributed by atoms with van der Waals surface area (Å²) in [7, 11) is 0. The van der Waals surface area contributed by atoms with Gasteiger partial charge in [-0.25, -0.2) is 0 Å². The van der Waals surface area contributed by atoms with Crippen LogP contribution >= 0.6 is 15.9 Å². The lowest BCUT2D eigenvalue weighted by Gasteiger charge is -2.30. The quantitative estimate of drug-likeness (QED) is 0.900. The van der Waals surface area contributed by atoms with Crippen molar-refractivity contribution in [1.82, 2.24) is 4.90 Å². The Morgan fingerprint density at radius 1 is 1.38 bits per heavy atom. The number of carbonyl (C=O) groups excluding carboxylic acids is 1. The number of hydrogen-bond acceptors (Lipinski definition) is 3. The third-order valence-corrected chi connectivity index (χ3v) is 4.58. The van der Waals surface area contributed by atoms with Crippen molar-refractivity contribution in [2.75, 3.05) is 19.7 Å². The molecule has 2 rings (SSSR count). The molecular weight excluding hydrogens is 338 g/mol. The molecule has 0 atom stereocenters. The molecule has 0 aliphatic carbocycles. The normalized spacial score (nSPS) is 15.8. The summed E-state index contributed by atoms with van der Waals surface area (Å²) < 4.78 is 6.50. The van der Waals surface area contributed by atoms with Gasteiger partial charge in [0.1, 0.15) is 5.75 Å². The number of amides is 1. The maximum absolute atomic E-state index is 12.0. The summed E-state index contributed by atoms with van der Waals surface area (Å²) in [6.45, 7) is 2.91. The lowest BCUT2D eigenvalue weighted by Crippen LogP contribution is -2.42. The topological polar surface area (TPSA) is 66.8 Å². The Labute approximate surface area is 132 Å². The zero-order valence-electron chi connectivity index (χ0n) is 11.8. The van der Waals surface area contributed by atoms with Crippen molar-refractivity contribution in [2.24, 2.45) is 5.92 Å². The Bertz CT molecular complexity index is 538. The van der Waals surface area contributed by atoms with E-state index in [4.69, 9.17) is 9.84 Å². The molecule has 5 nitrogen and oxygen atoms in total.